The Kier molecular flexibility index (Phi) is 6.18. The molecule has 1 aromatic rings. The van der Waals surface area contributed by atoms with E-state index in [1.165, 1.54) is 0 Å². The van der Waals surface area contributed by atoms with Crippen LogP contribution in [0.4, 0.5) is 5.69 Å². The third-order valence-corrected chi connectivity index (χ3v) is 3.55. The van der Waals surface area contributed by atoms with Gasteiger partial charge in [-0.25, -0.2) is 0 Å². The molecule has 2 atom stereocenters. The summed E-state index contributed by atoms with van der Waals surface area (Å²) in [6.07, 6.45) is 1.97. The van der Waals surface area contributed by atoms with Gasteiger partial charge >= 0.3 is 0 Å². The first-order valence-corrected chi connectivity index (χ1v) is 7.00. The average molecular weight is 312 g/mol. The molecule has 0 radical (unpaired) electrons. The van der Waals surface area contributed by atoms with Crippen molar-refractivity contribution in [3.05, 3.63) is 29.3 Å². The smallest absolute Gasteiger partial charge is 0.237 e. The van der Waals surface area contributed by atoms with E-state index in [9.17, 15) is 9.59 Å². The number of carbonyl (C=O) groups excluding carboxylic acids is 2. The molecule has 2 unspecified atom stereocenters. The van der Waals surface area contributed by atoms with Crippen molar-refractivity contribution >= 4 is 29.9 Å². The van der Waals surface area contributed by atoms with Crippen LogP contribution in [0.3, 0.4) is 0 Å². The van der Waals surface area contributed by atoms with E-state index in [0.29, 0.717) is 12.8 Å². The second-order valence-corrected chi connectivity index (χ2v) is 5.27. The number of nitrogens with two attached hydrogens (primary N) is 1. The quantitative estimate of drug-likeness (QED) is 0.776. The van der Waals surface area contributed by atoms with Crippen LogP contribution in [0, 0.1) is 0 Å². The first kappa shape index (κ1) is 17.5. The summed E-state index contributed by atoms with van der Waals surface area (Å²) in [6.45, 7) is 3.92. The van der Waals surface area contributed by atoms with Crippen molar-refractivity contribution in [2.24, 2.45) is 5.73 Å². The number of carbonyl (C=O) groups is 2. The van der Waals surface area contributed by atoms with Gasteiger partial charge in [0.25, 0.3) is 0 Å². The Morgan fingerprint density at radius 3 is 2.86 bits per heavy atom. The maximum Gasteiger partial charge on any atom is 0.237 e. The van der Waals surface area contributed by atoms with Crippen molar-refractivity contribution in [2.75, 3.05) is 5.32 Å². The molecule has 1 aliphatic heterocycles. The van der Waals surface area contributed by atoms with Gasteiger partial charge in [0, 0.05) is 5.69 Å². The molecule has 6 heteroatoms. The number of amides is 2. The fourth-order valence-electron chi connectivity index (χ4n) is 2.36. The molecule has 1 aliphatic rings. The Morgan fingerprint density at radius 1 is 1.48 bits per heavy atom. The van der Waals surface area contributed by atoms with Gasteiger partial charge in [0.15, 0.2) is 0 Å². The summed E-state index contributed by atoms with van der Waals surface area (Å²) < 4.78 is 0. The van der Waals surface area contributed by atoms with Crippen molar-refractivity contribution in [3.8, 4) is 0 Å². The number of hydrogen-bond donors (Lipinski definition) is 3. The summed E-state index contributed by atoms with van der Waals surface area (Å²) in [5, 5.41) is 5.71. The van der Waals surface area contributed by atoms with E-state index in [-0.39, 0.29) is 30.3 Å². The molecule has 2 amide bonds. The fraction of sp³-hybridized carbons (Fsp3) is 0.467. The normalized spacial score (nSPS) is 15.5. The zero-order chi connectivity index (χ0) is 14.7. The van der Waals surface area contributed by atoms with E-state index in [2.05, 4.69) is 10.6 Å². The van der Waals surface area contributed by atoms with Crippen LogP contribution in [0.15, 0.2) is 18.2 Å². The summed E-state index contributed by atoms with van der Waals surface area (Å²) in [7, 11) is 0. The van der Waals surface area contributed by atoms with Gasteiger partial charge in [0.05, 0.1) is 18.5 Å². The maximum atomic E-state index is 11.9. The molecule has 0 bridgehead atoms. The van der Waals surface area contributed by atoms with Crippen LogP contribution in [0.1, 0.15) is 43.9 Å². The molecular formula is C15H22ClN3O2. The molecule has 2 rings (SSSR count). The number of fused-ring (bicyclic) bond motifs is 1. The van der Waals surface area contributed by atoms with E-state index in [1.807, 2.05) is 32.0 Å². The minimum absolute atomic E-state index is 0. The number of hydrogen-bond acceptors (Lipinski definition) is 3. The van der Waals surface area contributed by atoms with Gasteiger partial charge in [-0.1, -0.05) is 25.5 Å². The maximum absolute atomic E-state index is 11.9. The van der Waals surface area contributed by atoms with Gasteiger partial charge in [-0.3, -0.25) is 9.59 Å². The Bertz CT molecular complexity index is 534. The zero-order valence-corrected chi connectivity index (χ0v) is 13.1. The lowest BCUT2D eigenvalue weighted by Gasteiger charge is -2.18. The summed E-state index contributed by atoms with van der Waals surface area (Å²) in [5.41, 5.74) is 8.62. The van der Waals surface area contributed by atoms with Crippen molar-refractivity contribution in [1.82, 2.24) is 5.32 Å². The minimum atomic E-state index is -0.458. The summed E-state index contributed by atoms with van der Waals surface area (Å²) in [6, 6.07) is 5.18. The molecule has 116 valence electrons. The Morgan fingerprint density at radius 2 is 2.19 bits per heavy atom. The van der Waals surface area contributed by atoms with Crippen LogP contribution in [-0.2, 0) is 16.0 Å². The minimum Gasteiger partial charge on any atom is -0.348 e. The number of halogens is 1. The highest BCUT2D eigenvalue weighted by Gasteiger charge is 2.20. The van der Waals surface area contributed by atoms with Gasteiger partial charge in [0.2, 0.25) is 11.8 Å². The molecule has 0 spiro atoms. The number of nitrogens with one attached hydrogen (secondary N) is 2. The Labute approximate surface area is 131 Å². The molecule has 0 aliphatic carbocycles. The van der Waals surface area contributed by atoms with E-state index in [1.54, 1.807) is 0 Å². The third kappa shape index (κ3) is 4.19. The highest BCUT2D eigenvalue weighted by Crippen LogP contribution is 2.26. The molecule has 21 heavy (non-hydrogen) atoms. The Hall–Kier alpha value is -1.59. The molecule has 0 saturated carbocycles. The topological polar surface area (TPSA) is 84.2 Å². The van der Waals surface area contributed by atoms with Crippen molar-refractivity contribution in [2.45, 2.75) is 45.2 Å². The number of benzene rings is 1. The van der Waals surface area contributed by atoms with E-state index in [4.69, 9.17) is 5.73 Å². The monoisotopic (exact) mass is 311 g/mol. The summed E-state index contributed by atoms with van der Waals surface area (Å²) in [4.78, 5) is 23.2. The van der Waals surface area contributed by atoms with Crippen LogP contribution in [0.5, 0.6) is 0 Å². The molecule has 5 nitrogen and oxygen atoms in total. The van der Waals surface area contributed by atoms with E-state index >= 15 is 0 Å². The number of anilines is 1. The van der Waals surface area contributed by atoms with Gasteiger partial charge < -0.3 is 16.4 Å². The fourth-order valence-corrected chi connectivity index (χ4v) is 2.36. The lowest BCUT2D eigenvalue weighted by Crippen LogP contribution is -2.41. The SMILES string of the molecule is CCCC(N)C(=O)NC(C)c1ccc2c(c1)CC(=O)N2.Cl. The molecular weight excluding hydrogens is 290 g/mol. The lowest BCUT2D eigenvalue weighted by atomic mass is 10.0. The number of rotatable bonds is 5. The lowest BCUT2D eigenvalue weighted by molar-refractivity contribution is -0.123. The van der Waals surface area contributed by atoms with Crippen LogP contribution in [0.2, 0.25) is 0 Å². The van der Waals surface area contributed by atoms with Crippen LogP contribution < -0.4 is 16.4 Å². The first-order valence-electron chi connectivity index (χ1n) is 7.00. The molecule has 0 aromatic heterocycles. The summed E-state index contributed by atoms with van der Waals surface area (Å²) >= 11 is 0. The van der Waals surface area contributed by atoms with Crippen LogP contribution >= 0.6 is 12.4 Å². The molecule has 1 aromatic carbocycles. The predicted molar refractivity (Wildman–Crippen MR) is 85.5 cm³/mol. The molecule has 1 heterocycles. The van der Waals surface area contributed by atoms with E-state index < -0.39 is 6.04 Å². The van der Waals surface area contributed by atoms with Gasteiger partial charge in [0.1, 0.15) is 0 Å². The standard InChI is InChI=1S/C15H21N3O2.ClH/c1-3-4-12(16)15(20)17-9(2)10-5-6-13-11(7-10)8-14(19)18-13;/h5-7,9,12H,3-4,8,16H2,1-2H3,(H,17,20)(H,18,19);1H. The van der Waals surface area contributed by atoms with Gasteiger partial charge in [-0.15, -0.1) is 12.4 Å². The molecule has 4 N–H and O–H groups in total. The van der Waals surface area contributed by atoms with Gasteiger partial charge in [-0.05, 0) is 30.5 Å². The van der Waals surface area contributed by atoms with Crippen molar-refractivity contribution in [1.29, 1.82) is 0 Å². The summed E-state index contributed by atoms with van der Waals surface area (Å²) in [5.74, 6) is -0.118. The first-order chi connectivity index (χ1) is 9.51. The second-order valence-electron chi connectivity index (χ2n) is 5.27. The van der Waals surface area contributed by atoms with Crippen LogP contribution in [-0.4, -0.2) is 17.9 Å². The molecule has 0 fully saturated rings. The highest BCUT2D eigenvalue weighted by molar-refractivity contribution is 5.99. The van der Waals surface area contributed by atoms with E-state index in [0.717, 1.165) is 23.2 Å². The third-order valence-electron chi connectivity index (χ3n) is 3.55. The highest BCUT2D eigenvalue weighted by atomic mass is 35.5. The largest absolute Gasteiger partial charge is 0.348 e. The van der Waals surface area contributed by atoms with Crippen molar-refractivity contribution < 1.29 is 9.59 Å². The average Bonchev–Trinajstić information content (AvgIpc) is 2.77. The van der Waals surface area contributed by atoms with Gasteiger partial charge in [-0.2, -0.15) is 0 Å². The van der Waals surface area contributed by atoms with Crippen LogP contribution in [0.25, 0.3) is 0 Å². The second kappa shape index (κ2) is 7.43. The zero-order valence-electron chi connectivity index (χ0n) is 12.3. The Balaban J connectivity index is 0.00000220. The molecule has 0 saturated heterocycles. The predicted octanol–water partition coefficient (Wildman–Crippen LogP) is 1.91. The van der Waals surface area contributed by atoms with Crippen molar-refractivity contribution in [3.63, 3.8) is 0 Å².